The van der Waals surface area contributed by atoms with Crippen molar-refractivity contribution in [2.45, 2.75) is 6.92 Å². The third kappa shape index (κ3) is 3.02. The minimum absolute atomic E-state index is 0.576. The second kappa shape index (κ2) is 7.14. The number of imidazole rings is 1. The number of nitrogens with zero attached hydrogens (tertiary/aromatic N) is 4. The van der Waals surface area contributed by atoms with Crippen LogP contribution in [0.2, 0.25) is 0 Å². The van der Waals surface area contributed by atoms with Gasteiger partial charge in [-0.1, -0.05) is 6.07 Å². The molecule has 0 atom stereocenters. The summed E-state index contributed by atoms with van der Waals surface area (Å²) in [7, 11) is 3.62. The lowest BCUT2D eigenvalue weighted by Crippen LogP contribution is -2.05. The summed E-state index contributed by atoms with van der Waals surface area (Å²) in [5.41, 5.74) is 5.73. The van der Waals surface area contributed by atoms with Crippen molar-refractivity contribution in [3.05, 3.63) is 55.0 Å². The first-order chi connectivity index (χ1) is 14.7. The van der Waals surface area contributed by atoms with Gasteiger partial charge in [0.2, 0.25) is 0 Å². The molecule has 0 fully saturated rings. The molecular weight excluding hydrogens is 380 g/mol. The predicted octanol–water partition coefficient (Wildman–Crippen LogP) is 4.37. The van der Waals surface area contributed by atoms with E-state index in [2.05, 4.69) is 33.6 Å². The summed E-state index contributed by atoms with van der Waals surface area (Å²) in [4.78, 5) is 9.33. The summed E-state index contributed by atoms with van der Waals surface area (Å²) in [6, 6.07) is 12.0. The van der Waals surface area contributed by atoms with E-state index in [-0.39, 0.29) is 0 Å². The average Bonchev–Trinajstić information content (AvgIpc) is 3.23. The maximum Gasteiger partial charge on any atom is 0.180 e. The van der Waals surface area contributed by atoms with E-state index >= 15 is 0 Å². The van der Waals surface area contributed by atoms with Crippen molar-refractivity contribution in [3.8, 4) is 22.8 Å². The number of fused-ring (bicyclic) bond motifs is 2. The Balaban J connectivity index is 1.56. The van der Waals surface area contributed by atoms with Gasteiger partial charge >= 0.3 is 0 Å². The lowest BCUT2D eigenvalue weighted by atomic mass is 10.1. The third-order valence-corrected chi connectivity index (χ3v) is 5.04. The molecule has 8 heteroatoms. The molecule has 0 amide bonds. The number of rotatable bonds is 6. The van der Waals surface area contributed by atoms with Crippen molar-refractivity contribution in [1.29, 1.82) is 0 Å². The molecule has 3 heterocycles. The smallest absolute Gasteiger partial charge is 0.180 e. The van der Waals surface area contributed by atoms with E-state index in [0.29, 0.717) is 23.9 Å². The molecule has 3 aromatic heterocycles. The van der Waals surface area contributed by atoms with E-state index in [1.807, 2.05) is 53.6 Å². The quantitative estimate of drug-likeness (QED) is 0.441. The summed E-state index contributed by atoms with van der Waals surface area (Å²) in [5.74, 6) is 2.03. The molecule has 0 unspecified atom stereocenters. The molecule has 0 saturated heterocycles. The number of benzene rings is 2. The Morgan fingerprint density at radius 1 is 1.13 bits per heavy atom. The van der Waals surface area contributed by atoms with Gasteiger partial charge in [0, 0.05) is 43.0 Å². The van der Waals surface area contributed by atoms with Crippen LogP contribution in [0, 0.1) is 0 Å². The van der Waals surface area contributed by atoms with Crippen LogP contribution < -0.4 is 14.8 Å². The first kappa shape index (κ1) is 18.1. The second-order valence-electron chi connectivity index (χ2n) is 6.96. The van der Waals surface area contributed by atoms with E-state index in [4.69, 9.17) is 14.5 Å². The topological polar surface area (TPSA) is 81.4 Å². The highest BCUT2D eigenvalue weighted by molar-refractivity contribution is 5.83. The van der Waals surface area contributed by atoms with Gasteiger partial charge in [0.1, 0.15) is 0 Å². The second-order valence-corrected chi connectivity index (χ2v) is 6.96. The minimum atomic E-state index is 0.576. The van der Waals surface area contributed by atoms with Gasteiger partial charge in [-0.3, -0.25) is 9.78 Å². The summed E-state index contributed by atoms with van der Waals surface area (Å²) in [5, 5.41) is 6.61. The normalized spacial score (nSPS) is 11.3. The summed E-state index contributed by atoms with van der Waals surface area (Å²) < 4.78 is 15.0. The van der Waals surface area contributed by atoms with E-state index in [0.717, 1.165) is 33.6 Å². The monoisotopic (exact) mass is 402 g/mol. The van der Waals surface area contributed by atoms with Gasteiger partial charge in [0.25, 0.3) is 0 Å². The van der Waals surface area contributed by atoms with Crippen molar-refractivity contribution >= 4 is 28.2 Å². The SMILES string of the molecule is CCOc1ccc(Nc2nc(-c3ccc4[nH]n(C)c4c3)cn3ccnc23)cc1OC. The Kier molecular flexibility index (Phi) is 4.31. The van der Waals surface area contributed by atoms with Crippen LogP contribution in [0.5, 0.6) is 11.5 Å². The van der Waals surface area contributed by atoms with Gasteiger partial charge < -0.3 is 19.2 Å². The number of aryl methyl sites for hydroxylation is 1. The Morgan fingerprint density at radius 2 is 2.03 bits per heavy atom. The van der Waals surface area contributed by atoms with Gasteiger partial charge in [-0.2, -0.15) is 0 Å². The van der Waals surface area contributed by atoms with Gasteiger partial charge in [-0.15, -0.1) is 0 Å². The maximum absolute atomic E-state index is 5.61. The Bertz CT molecular complexity index is 1350. The molecule has 2 aromatic carbocycles. The van der Waals surface area contributed by atoms with Crippen LogP contribution in [0.4, 0.5) is 11.5 Å². The standard InChI is InChI=1S/C22H22N6O2/c1-4-30-19-8-6-15(12-20(19)29-3)24-21-22-23-9-10-28(22)13-17(25-21)14-5-7-16-18(11-14)27(2)26-16/h5-13,26H,4H2,1-3H3,(H,24,25). The first-order valence-corrected chi connectivity index (χ1v) is 9.72. The number of H-pyrrole nitrogens is 1. The molecule has 0 bridgehead atoms. The number of hydrogen-bond donors (Lipinski definition) is 2. The van der Waals surface area contributed by atoms with Crippen LogP contribution in [0.3, 0.4) is 0 Å². The fraction of sp³-hybridized carbons (Fsp3) is 0.182. The van der Waals surface area contributed by atoms with Crippen molar-refractivity contribution < 1.29 is 9.47 Å². The number of anilines is 2. The number of nitrogens with one attached hydrogen (secondary N) is 2. The summed E-state index contributed by atoms with van der Waals surface area (Å²) >= 11 is 0. The molecule has 0 aliphatic rings. The number of hydrogen-bond acceptors (Lipinski definition) is 5. The van der Waals surface area contributed by atoms with Crippen LogP contribution in [0.25, 0.3) is 27.9 Å². The van der Waals surface area contributed by atoms with Crippen LogP contribution in [0.1, 0.15) is 6.92 Å². The summed E-state index contributed by atoms with van der Waals surface area (Å²) in [6.07, 6.45) is 5.67. The van der Waals surface area contributed by atoms with Crippen molar-refractivity contribution in [2.75, 3.05) is 19.0 Å². The van der Waals surface area contributed by atoms with Crippen LogP contribution >= 0.6 is 0 Å². The third-order valence-electron chi connectivity index (χ3n) is 5.04. The highest BCUT2D eigenvalue weighted by Crippen LogP contribution is 2.32. The first-order valence-electron chi connectivity index (χ1n) is 9.72. The molecule has 0 radical (unpaired) electrons. The minimum Gasteiger partial charge on any atom is -0.493 e. The molecule has 2 N–H and O–H groups in total. The Hall–Kier alpha value is -3.94. The lowest BCUT2D eigenvalue weighted by Gasteiger charge is -2.15. The predicted molar refractivity (Wildman–Crippen MR) is 117 cm³/mol. The zero-order valence-corrected chi connectivity index (χ0v) is 17.0. The molecule has 30 heavy (non-hydrogen) atoms. The van der Waals surface area contributed by atoms with Crippen molar-refractivity contribution in [2.24, 2.45) is 7.05 Å². The van der Waals surface area contributed by atoms with Crippen LogP contribution in [0.15, 0.2) is 55.0 Å². The van der Waals surface area contributed by atoms with Gasteiger partial charge in [0.05, 0.1) is 30.4 Å². The number of aromatic nitrogens is 5. The van der Waals surface area contributed by atoms with Crippen LogP contribution in [-0.2, 0) is 7.05 Å². The molecule has 0 aliphatic carbocycles. The highest BCUT2D eigenvalue weighted by atomic mass is 16.5. The van der Waals surface area contributed by atoms with Crippen molar-refractivity contribution in [1.82, 2.24) is 24.1 Å². The molecule has 5 aromatic rings. The number of methoxy groups -OCH3 is 1. The number of ether oxygens (including phenoxy) is 2. The van der Waals surface area contributed by atoms with Gasteiger partial charge in [-0.05, 0) is 31.2 Å². The molecule has 0 saturated carbocycles. The number of aromatic amines is 1. The van der Waals surface area contributed by atoms with Gasteiger partial charge in [-0.25, -0.2) is 9.97 Å². The maximum atomic E-state index is 5.61. The van der Waals surface area contributed by atoms with E-state index in [1.54, 1.807) is 13.3 Å². The van der Waals surface area contributed by atoms with E-state index < -0.39 is 0 Å². The zero-order chi connectivity index (χ0) is 20.7. The average molecular weight is 402 g/mol. The van der Waals surface area contributed by atoms with E-state index in [9.17, 15) is 0 Å². The Morgan fingerprint density at radius 3 is 2.83 bits per heavy atom. The lowest BCUT2D eigenvalue weighted by molar-refractivity contribution is 0.311. The molecule has 5 rings (SSSR count). The fourth-order valence-corrected chi connectivity index (χ4v) is 3.56. The van der Waals surface area contributed by atoms with Crippen molar-refractivity contribution in [3.63, 3.8) is 0 Å². The van der Waals surface area contributed by atoms with E-state index in [1.165, 1.54) is 0 Å². The fourth-order valence-electron chi connectivity index (χ4n) is 3.56. The molecule has 152 valence electrons. The van der Waals surface area contributed by atoms with Crippen LogP contribution in [-0.4, -0.2) is 37.9 Å². The van der Waals surface area contributed by atoms with Gasteiger partial charge in [0.15, 0.2) is 23.0 Å². The zero-order valence-electron chi connectivity index (χ0n) is 17.0. The summed E-state index contributed by atoms with van der Waals surface area (Å²) in [6.45, 7) is 2.52. The molecule has 0 spiro atoms. The largest absolute Gasteiger partial charge is 0.493 e. The molecule has 0 aliphatic heterocycles. The molecule has 8 nitrogen and oxygen atoms in total. The molecular formula is C22H22N6O2. The highest BCUT2D eigenvalue weighted by Gasteiger charge is 2.13. The Labute approximate surface area is 173 Å².